The van der Waals surface area contributed by atoms with Gasteiger partial charge < -0.3 is 20.5 Å². The van der Waals surface area contributed by atoms with E-state index in [4.69, 9.17) is 4.74 Å². The van der Waals surface area contributed by atoms with Crippen LogP contribution in [0.4, 0.5) is 4.79 Å². The van der Waals surface area contributed by atoms with Crippen LogP contribution in [0.2, 0.25) is 0 Å². The highest BCUT2D eigenvalue weighted by molar-refractivity contribution is 5.85. The lowest BCUT2D eigenvalue weighted by Gasteiger charge is -2.40. The summed E-state index contributed by atoms with van der Waals surface area (Å²) in [5.41, 5.74) is 3.95. The van der Waals surface area contributed by atoms with Gasteiger partial charge >= 0.3 is 12.1 Å². The first-order valence-electron chi connectivity index (χ1n) is 12.6. The number of carbonyl (C=O) groups excluding carboxylic acids is 2. The number of ether oxygens (including phenoxy) is 1. The number of carboxylic acids is 1. The molecule has 5 rings (SSSR count). The average Bonchev–Trinajstić information content (AvgIpc) is 3.60. The van der Waals surface area contributed by atoms with Gasteiger partial charge in [0.25, 0.3) is 0 Å². The molecule has 0 bridgehead atoms. The van der Waals surface area contributed by atoms with Gasteiger partial charge in [-0.05, 0) is 47.4 Å². The minimum atomic E-state index is -0.864. The first-order chi connectivity index (χ1) is 17.0. The molecule has 0 saturated heterocycles. The third kappa shape index (κ3) is 4.90. The number of nitrogens with one attached hydrogen (secondary N) is 2. The number of benzene rings is 2. The van der Waals surface area contributed by atoms with Gasteiger partial charge in [0, 0.05) is 19.0 Å². The van der Waals surface area contributed by atoms with Crippen molar-refractivity contribution in [2.75, 3.05) is 19.7 Å². The lowest BCUT2D eigenvalue weighted by molar-refractivity contribution is -0.142. The molecule has 1 atom stereocenters. The molecule has 35 heavy (non-hydrogen) atoms. The van der Waals surface area contributed by atoms with E-state index in [9.17, 15) is 19.5 Å². The quantitative estimate of drug-likeness (QED) is 0.474. The molecular weight excluding hydrogens is 444 g/mol. The molecule has 7 heteroatoms. The number of aliphatic carboxylic acids is 1. The fourth-order valence-corrected chi connectivity index (χ4v) is 5.41. The van der Waals surface area contributed by atoms with Crippen molar-refractivity contribution in [1.29, 1.82) is 0 Å². The van der Waals surface area contributed by atoms with Crippen LogP contribution in [-0.2, 0) is 14.3 Å². The number of rotatable bonds is 10. The molecule has 0 aromatic heterocycles. The predicted molar refractivity (Wildman–Crippen MR) is 131 cm³/mol. The second kappa shape index (κ2) is 9.72. The van der Waals surface area contributed by atoms with Crippen molar-refractivity contribution in [3.8, 4) is 11.1 Å². The molecular formula is C28H32N2O5. The second-order valence-corrected chi connectivity index (χ2v) is 10.2. The van der Waals surface area contributed by atoms with E-state index in [1.165, 1.54) is 11.1 Å². The molecule has 7 nitrogen and oxygen atoms in total. The van der Waals surface area contributed by atoms with E-state index >= 15 is 0 Å². The summed E-state index contributed by atoms with van der Waals surface area (Å²) >= 11 is 0. The van der Waals surface area contributed by atoms with Crippen LogP contribution in [0.25, 0.3) is 11.1 Å². The zero-order valence-corrected chi connectivity index (χ0v) is 19.8. The topological polar surface area (TPSA) is 105 Å². The van der Waals surface area contributed by atoms with E-state index < -0.39 is 23.4 Å². The van der Waals surface area contributed by atoms with E-state index in [2.05, 4.69) is 34.9 Å². The zero-order chi connectivity index (χ0) is 24.4. The van der Waals surface area contributed by atoms with Crippen LogP contribution >= 0.6 is 0 Å². The number of amides is 2. The molecule has 3 aliphatic rings. The van der Waals surface area contributed by atoms with Gasteiger partial charge in [0.1, 0.15) is 6.61 Å². The molecule has 2 amide bonds. The summed E-state index contributed by atoms with van der Waals surface area (Å²) in [5, 5.41) is 15.1. The maximum atomic E-state index is 12.9. The Hall–Kier alpha value is -3.35. The molecule has 3 aliphatic carbocycles. The van der Waals surface area contributed by atoms with Crippen molar-refractivity contribution in [2.45, 2.75) is 44.4 Å². The number of fused-ring (bicyclic) bond motifs is 3. The highest BCUT2D eigenvalue weighted by atomic mass is 16.5. The van der Waals surface area contributed by atoms with Crippen LogP contribution in [0.1, 0.15) is 55.6 Å². The van der Waals surface area contributed by atoms with Crippen molar-refractivity contribution in [2.24, 2.45) is 17.3 Å². The highest BCUT2D eigenvalue weighted by Gasteiger charge is 2.45. The third-order valence-electron chi connectivity index (χ3n) is 7.88. The number of carbonyl (C=O) groups is 3. The summed E-state index contributed by atoms with van der Waals surface area (Å²) in [6.45, 7) is 0.549. The Kier molecular flexibility index (Phi) is 6.50. The van der Waals surface area contributed by atoms with Crippen LogP contribution in [0.15, 0.2) is 48.5 Å². The van der Waals surface area contributed by atoms with Crippen LogP contribution in [-0.4, -0.2) is 42.8 Å². The van der Waals surface area contributed by atoms with Crippen LogP contribution in [0.3, 0.4) is 0 Å². The predicted octanol–water partition coefficient (Wildman–Crippen LogP) is 4.31. The normalized spacial score (nSPS) is 18.5. The molecule has 0 heterocycles. The summed E-state index contributed by atoms with van der Waals surface area (Å²) in [7, 11) is 0. The SMILES string of the molecule is O=C(NCC1(C(=O)NCC(CC2CC2)C(=O)O)CCC1)OCC1c2ccccc2-c2ccccc21. The van der Waals surface area contributed by atoms with Crippen LogP contribution < -0.4 is 10.6 Å². The van der Waals surface area contributed by atoms with Crippen molar-refractivity contribution in [3.05, 3.63) is 59.7 Å². The van der Waals surface area contributed by atoms with Gasteiger partial charge in [-0.25, -0.2) is 4.79 Å². The molecule has 2 saturated carbocycles. The van der Waals surface area contributed by atoms with Crippen molar-refractivity contribution >= 4 is 18.0 Å². The Morgan fingerprint density at radius 2 is 1.60 bits per heavy atom. The number of hydrogen-bond donors (Lipinski definition) is 3. The van der Waals surface area contributed by atoms with E-state index in [1.807, 2.05) is 24.3 Å². The largest absolute Gasteiger partial charge is 0.481 e. The maximum Gasteiger partial charge on any atom is 0.407 e. The summed E-state index contributed by atoms with van der Waals surface area (Å²) < 4.78 is 5.60. The molecule has 0 radical (unpaired) electrons. The first kappa shape index (κ1) is 23.4. The fourth-order valence-electron chi connectivity index (χ4n) is 5.41. The Morgan fingerprint density at radius 3 is 2.14 bits per heavy atom. The van der Waals surface area contributed by atoms with Crippen LogP contribution in [0.5, 0.6) is 0 Å². The molecule has 3 N–H and O–H groups in total. The molecule has 1 unspecified atom stereocenters. The molecule has 0 spiro atoms. The molecule has 184 valence electrons. The van der Waals surface area contributed by atoms with E-state index in [0.29, 0.717) is 25.2 Å². The van der Waals surface area contributed by atoms with E-state index in [-0.39, 0.29) is 31.5 Å². The van der Waals surface area contributed by atoms with Crippen molar-refractivity contribution in [1.82, 2.24) is 10.6 Å². The Balaban J connectivity index is 1.14. The average molecular weight is 477 g/mol. The third-order valence-corrected chi connectivity index (χ3v) is 7.88. The number of hydrogen-bond acceptors (Lipinski definition) is 4. The number of carboxylic acid groups (broad SMARTS) is 1. The molecule has 2 fully saturated rings. The first-order valence-corrected chi connectivity index (χ1v) is 12.6. The Labute approximate surface area is 205 Å². The van der Waals surface area contributed by atoms with Gasteiger partial charge in [-0.2, -0.15) is 0 Å². The van der Waals surface area contributed by atoms with Crippen LogP contribution in [0, 0.1) is 17.3 Å². The smallest absolute Gasteiger partial charge is 0.407 e. The summed E-state index contributed by atoms with van der Waals surface area (Å²) in [6.07, 6.45) is 4.47. The van der Waals surface area contributed by atoms with Gasteiger partial charge in [0.15, 0.2) is 0 Å². The monoisotopic (exact) mass is 476 g/mol. The van der Waals surface area contributed by atoms with E-state index in [0.717, 1.165) is 30.4 Å². The van der Waals surface area contributed by atoms with Gasteiger partial charge in [-0.1, -0.05) is 67.8 Å². The van der Waals surface area contributed by atoms with Gasteiger partial charge in [0.2, 0.25) is 5.91 Å². The summed E-state index contributed by atoms with van der Waals surface area (Å²) in [5.74, 6) is -1.14. The molecule has 2 aromatic carbocycles. The molecule has 0 aliphatic heterocycles. The van der Waals surface area contributed by atoms with Gasteiger partial charge in [0.05, 0.1) is 11.3 Å². The van der Waals surface area contributed by atoms with E-state index in [1.54, 1.807) is 0 Å². The number of alkyl carbamates (subject to hydrolysis) is 1. The minimum absolute atomic E-state index is 0.0199. The van der Waals surface area contributed by atoms with Crippen molar-refractivity contribution in [3.63, 3.8) is 0 Å². The second-order valence-electron chi connectivity index (χ2n) is 10.2. The summed E-state index contributed by atoms with van der Waals surface area (Å²) in [4.78, 5) is 37.0. The van der Waals surface area contributed by atoms with Gasteiger partial charge in [-0.3, -0.25) is 9.59 Å². The zero-order valence-electron chi connectivity index (χ0n) is 19.8. The highest BCUT2D eigenvalue weighted by Crippen LogP contribution is 2.44. The lowest BCUT2D eigenvalue weighted by Crippen LogP contribution is -2.53. The standard InChI is InChI=1S/C28H32N2O5/c31-25(32)19(14-18-10-11-18)15-29-26(33)28(12-5-13-28)17-30-27(34)35-16-24-22-8-3-1-6-20(22)21-7-2-4-9-23(21)24/h1-4,6-9,18-19,24H,5,10-17H2,(H,29,33)(H,30,34)(H,31,32). The van der Waals surface area contributed by atoms with Crippen molar-refractivity contribution < 1.29 is 24.2 Å². The maximum absolute atomic E-state index is 12.9. The molecule has 2 aromatic rings. The minimum Gasteiger partial charge on any atom is -0.481 e. The van der Waals surface area contributed by atoms with Gasteiger partial charge in [-0.15, -0.1) is 0 Å². The Morgan fingerprint density at radius 1 is 0.971 bits per heavy atom. The lowest BCUT2D eigenvalue weighted by atomic mass is 9.68. The Bertz CT molecular complexity index is 1080. The fraction of sp³-hybridized carbons (Fsp3) is 0.464. The summed E-state index contributed by atoms with van der Waals surface area (Å²) in [6, 6.07) is 16.3.